The molecule has 0 unspecified atom stereocenters. The molecule has 0 spiro atoms. The molecule has 2 N–H and O–H groups in total. The van der Waals surface area contributed by atoms with Crippen molar-refractivity contribution in [3.05, 3.63) is 23.1 Å². The fourth-order valence-electron chi connectivity index (χ4n) is 1.76. The lowest BCUT2D eigenvalue weighted by Gasteiger charge is -2.06. The summed E-state index contributed by atoms with van der Waals surface area (Å²) in [6.07, 6.45) is 3.12. The Balaban J connectivity index is 2.47. The van der Waals surface area contributed by atoms with E-state index in [1.165, 1.54) is 0 Å². The predicted molar refractivity (Wildman–Crippen MR) is 73.3 cm³/mol. The molecular formula is C11H13ClN4S. The van der Waals surface area contributed by atoms with Crippen LogP contribution < -0.4 is 5.73 Å². The molecule has 0 fully saturated rings. The van der Waals surface area contributed by atoms with Crippen molar-refractivity contribution in [2.24, 2.45) is 5.73 Å². The van der Waals surface area contributed by atoms with Crippen molar-refractivity contribution in [1.29, 1.82) is 0 Å². The predicted octanol–water partition coefficient (Wildman–Crippen LogP) is 2.32. The van der Waals surface area contributed by atoms with E-state index in [1.54, 1.807) is 6.20 Å². The van der Waals surface area contributed by atoms with Crippen molar-refractivity contribution in [1.82, 2.24) is 14.5 Å². The van der Waals surface area contributed by atoms with Gasteiger partial charge in [0.1, 0.15) is 11.3 Å². The Morgan fingerprint density at radius 1 is 1.59 bits per heavy atom. The van der Waals surface area contributed by atoms with Gasteiger partial charge in [0, 0.05) is 25.6 Å². The van der Waals surface area contributed by atoms with Gasteiger partial charge in [0.05, 0.1) is 10.0 Å². The molecule has 2 aromatic heterocycles. The molecule has 0 atom stereocenters. The molecule has 4 nitrogen and oxygen atoms in total. The summed E-state index contributed by atoms with van der Waals surface area (Å²) < 4.78 is 2.05. The molecule has 0 amide bonds. The summed E-state index contributed by atoms with van der Waals surface area (Å²) in [5, 5.41) is 0.596. The highest BCUT2D eigenvalue weighted by Gasteiger charge is 2.10. The van der Waals surface area contributed by atoms with Crippen molar-refractivity contribution in [3.63, 3.8) is 0 Å². The average Bonchev–Trinajstić information content (AvgIpc) is 2.63. The van der Waals surface area contributed by atoms with E-state index in [1.807, 2.05) is 10.6 Å². The van der Waals surface area contributed by atoms with Gasteiger partial charge < -0.3 is 10.3 Å². The molecule has 0 aliphatic carbocycles. The number of rotatable bonds is 4. The summed E-state index contributed by atoms with van der Waals surface area (Å²) in [5.74, 6) is 0.978. The van der Waals surface area contributed by atoms with Crippen LogP contribution in [0.25, 0.3) is 11.2 Å². The van der Waals surface area contributed by atoms with Gasteiger partial charge >= 0.3 is 0 Å². The summed E-state index contributed by atoms with van der Waals surface area (Å²) in [6.45, 7) is 2.77. The van der Waals surface area contributed by atoms with Crippen molar-refractivity contribution in [3.8, 4) is 0 Å². The van der Waals surface area contributed by atoms with Gasteiger partial charge in [-0.2, -0.15) is 0 Å². The average molecular weight is 269 g/mol. The minimum atomic E-state index is 0.503. The van der Waals surface area contributed by atoms with E-state index >= 15 is 0 Å². The number of hydrogen-bond donors (Lipinski definition) is 1. The molecule has 90 valence electrons. The largest absolute Gasteiger partial charge is 0.393 e. The fraction of sp³-hybridized carbons (Fsp3) is 0.364. The Kier molecular flexibility index (Phi) is 3.59. The van der Waals surface area contributed by atoms with Gasteiger partial charge in [0.25, 0.3) is 0 Å². The summed E-state index contributed by atoms with van der Waals surface area (Å²) in [7, 11) is 0. The highest BCUT2D eigenvalue weighted by molar-refractivity contribution is 7.80. The number of aryl methyl sites for hydroxylation is 2. The Morgan fingerprint density at radius 3 is 3.00 bits per heavy atom. The van der Waals surface area contributed by atoms with Crippen molar-refractivity contribution >= 4 is 40.0 Å². The van der Waals surface area contributed by atoms with E-state index in [9.17, 15) is 0 Å². The van der Waals surface area contributed by atoms with E-state index in [0.29, 0.717) is 23.0 Å². The number of fused-ring (bicyclic) bond motifs is 1. The van der Waals surface area contributed by atoms with E-state index < -0.39 is 0 Å². The van der Waals surface area contributed by atoms with Crippen molar-refractivity contribution < 1.29 is 0 Å². The Hall–Kier alpha value is -1.20. The highest BCUT2D eigenvalue weighted by Crippen LogP contribution is 2.18. The van der Waals surface area contributed by atoms with Crippen molar-refractivity contribution in [2.75, 3.05) is 0 Å². The third kappa shape index (κ3) is 2.56. The fourth-order valence-corrected chi connectivity index (χ4v) is 2.00. The minimum absolute atomic E-state index is 0.503. The van der Waals surface area contributed by atoms with Crippen LogP contribution in [0.3, 0.4) is 0 Å². The second-order valence-electron chi connectivity index (χ2n) is 3.75. The SMILES string of the molecule is CCc1nc2cc(Cl)cnc2n1CCC(N)=S. The van der Waals surface area contributed by atoms with Crippen molar-refractivity contribution in [2.45, 2.75) is 26.3 Å². The van der Waals surface area contributed by atoms with E-state index in [-0.39, 0.29) is 0 Å². The quantitative estimate of drug-likeness (QED) is 0.865. The van der Waals surface area contributed by atoms with E-state index in [2.05, 4.69) is 16.9 Å². The second-order valence-corrected chi connectivity index (χ2v) is 4.71. The number of pyridine rings is 1. The monoisotopic (exact) mass is 268 g/mol. The summed E-state index contributed by atoms with van der Waals surface area (Å²) in [6, 6.07) is 1.82. The van der Waals surface area contributed by atoms with Crippen LogP contribution in [-0.2, 0) is 13.0 Å². The van der Waals surface area contributed by atoms with Crippen LogP contribution in [-0.4, -0.2) is 19.5 Å². The standard InChI is InChI=1S/C11H13ClN4S/c1-2-10-15-8-5-7(12)6-14-11(8)16(10)4-3-9(13)17/h5-6H,2-4H2,1H3,(H2,13,17). The van der Waals surface area contributed by atoms with Crippen LogP contribution in [0.1, 0.15) is 19.2 Å². The minimum Gasteiger partial charge on any atom is -0.393 e. The third-order valence-electron chi connectivity index (χ3n) is 2.53. The van der Waals surface area contributed by atoms with Crippen LogP contribution >= 0.6 is 23.8 Å². The molecule has 0 aromatic carbocycles. The Bertz CT molecular complexity index is 564. The number of nitrogens with two attached hydrogens (primary N) is 1. The number of thiocarbonyl (C=S) groups is 1. The van der Waals surface area contributed by atoms with Gasteiger partial charge in [0.2, 0.25) is 0 Å². The van der Waals surface area contributed by atoms with Gasteiger partial charge in [-0.1, -0.05) is 30.7 Å². The van der Waals surface area contributed by atoms with Crippen LogP contribution in [0.5, 0.6) is 0 Å². The zero-order valence-corrected chi connectivity index (χ0v) is 11.1. The maximum atomic E-state index is 5.90. The van der Waals surface area contributed by atoms with E-state index in [4.69, 9.17) is 29.6 Å². The number of aromatic nitrogens is 3. The molecule has 0 radical (unpaired) electrons. The lowest BCUT2D eigenvalue weighted by Crippen LogP contribution is -2.13. The molecular weight excluding hydrogens is 256 g/mol. The zero-order valence-electron chi connectivity index (χ0n) is 9.48. The molecule has 2 heterocycles. The van der Waals surface area contributed by atoms with Gasteiger partial charge in [0.15, 0.2) is 5.65 Å². The molecule has 17 heavy (non-hydrogen) atoms. The lowest BCUT2D eigenvalue weighted by molar-refractivity contribution is 0.692. The Morgan fingerprint density at radius 2 is 2.35 bits per heavy atom. The lowest BCUT2D eigenvalue weighted by atomic mass is 10.4. The first-order chi connectivity index (χ1) is 8.11. The number of halogens is 1. The first kappa shape index (κ1) is 12.3. The molecule has 2 aromatic rings. The maximum Gasteiger partial charge on any atom is 0.160 e. The second kappa shape index (κ2) is 4.98. The van der Waals surface area contributed by atoms with Gasteiger partial charge in [-0.05, 0) is 6.07 Å². The number of hydrogen-bond acceptors (Lipinski definition) is 3. The summed E-state index contributed by atoms with van der Waals surface area (Å²) in [5.41, 5.74) is 7.18. The first-order valence-corrected chi connectivity index (χ1v) is 6.19. The van der Waals surface area contributed by atoms with Gasteiger partial charge in [-0.25, -0.2) is 9.97 Å². The molecule has 0 saturated carbocycles. The number of nitrogens with zero attached hydrogens (tertiary/aromatic N) is 3. The molecule has 0 saturated heterocycles. The molecule has 0 bridgehead atoms. The van der Waals surface area contributed by atoms with Crippen LogP contribution in [0.4, 0.5) is 0 Å². The van der Waals surface area contributed by atoms with E-state index in [0.717, 1.165) is 23.4 Å². The van der Waals surface area contributed by atoms with Gasteiger partial charge in [-0.15, -0.1) is 0 Å². The summed E-state index contributed by atoms with van der Waals surface area (Å²) in [4.78, 5) is 9.32. The third-order valence-corrected chi connectivity index (χ3v) is 2.94. The normalized spacial score (nSPS) is 10.9. The molecule has 0 aliphatic heterocycles. The smallest absolute Gasteiger partial charge is 0.160 e. The zero-order chi connectivity index (χ0) is 12.4. The highest BCUT2D eigenvalue weighted by atomic mass is 35.5. The molecule has 0 aliphatic rings. The molecule has 2 rings (SSSR count). The topological polar surface area (TPSA) is 56.7 Å². The Labute approximate surface area is 110 Å². The molecule has 6 heteroatoms. The van der Waals surface area contributed by atoms with Gasteiger partial charge in [-0.3, -0.25) is 0 Å². The van der Waals surface area contributed by atoms with Crippen LogP contribution in [0, 0.1) is 0 Å². The summed E-state index contributed by atoms with van der Waals surface area (Å²) >= 11 is 10.8. The maximum absolute atomic E-state index is 5.90. The van der Waals surface area contributed by atoms with Crippen LogP contribution in [0.2, 0.25) is 5.02 Å². The van der Waals surface area contributed by atoms with Crippen LogP contribution in [0.15, 0.2) is 12.3 Å². The first-order valence-electron chi connectivity index (χ1n) is 5.40. The number of imidazole rings is 1.